The second-order valence-electron chi connectivity index (χ2n) is 6.05. The number of hydrogen-bond acceptors (Lipinski definition) is 5. The van der Waals surface area contributed by atoms with E-state index in [1.165, 1.54) is 31.9 Å². The van der Waals surface area contributed by atoms with Gasteiger partial charge < -0.3 is 14.1 Å². The monoisotopic (exact) mass is 278 g/mol. The summed E-state index contributed by atoms with van der Waals surface area (Å²) in [5, 5.41) is 0. The Bertz CT molecular complexity index is 485. The zero-order chi connectivity index (χ0) is 14.1. The maximum Gasteiger partial charge on any atom is 0.360 e. The normalized spacial score (nSPS) is 27.8. The van der Waals surface area contributed by atoms with Crippen LogP contribution in [0.2, 0.25) is 0 Å². The van der Waals surface area contributed by atoms with E-state index in [9.17, 15) is 4.79 Å². The van der Waals surface area contributed by atoms with Crippen molar-refractivity contribution < 1.29 is 13.9 Å². The third kappa shape index (κ3) is 2.53. The van der Waals surface area contributed by atoms with Gasteiger partial charge in [-0.05, 0) is 43.9 Å². The molecule has 3 rings (SSSR count). The number of carbonyl (C=O) groups excluding carboxylic acids is 1. The summed E-state index contributed by atoms with van der Waals surface area (Å²) in [5.74, 6) is 2.15. The van der Waals surface area contributed by atoms with Gasteiger partial charge in [0.05, 0.1) is 6.61 Å². The minimum absolute atomic E-state index is 0.252. The highest BCUT2D eigenvalue weighted by atomic mass is 16.5. The molecule has 0 saturated heterocycles. The second kappa shape index (κ2) is 5.46. The van der Waals surface area contributed by atoms with E-state index in [0.29, 0.717) is 12.6 Å². The van der Waals surface area contributed by atoms with Crippen molar-refractivity contribution in [2.75, 3.05) is 25.1 Å². The summed E-state index contributed by atoms with van der Waals surface area (Å²) in [5.41, 5.74) is 0.252. The number of hydrogen-bond donors (Lipinski definition) is 0. The van der Waals surface area contributed by atoms with E-state index in [4.69, 9.17) is 9.15 Å². The summed E-state index contributed by atoms with van der Waals surface area (Å²) in [4.78, 5) is 17.8. The Balaban J connectivity index is 1.60. The Hall–Kier alpha value is -1.52. The zero-order valence-corrected chi connectivity index (χ0v) is 12.2. The van der Waals surface area contributed by atoms with Crippen LogP contribution in [0.15, 0.2) is 10.7 Å². The van der Waals surface area contributed by atoms with Crippen LogP contribution in [0.1, 0.15) is 43.1 Å². The standard InChI is InChI=1S/C15H22N2O3/c1-3-19-14(18)13-9-20-15(16-13)17(2)8-12-7-10-4-5-11(12)6-10/h9-12H,3-8H2,1-2H3. The zero-order valence-electron chi connectivity index (χ0n) is 12.2. The third-order valence-electron chi connectivity index (χ3n) is 4.70. The fourth-order valence-electron chi connectivity index (χ4n) is 3.77. The molecular weight excluding hydrogens is 256 g/mol. The molecule has 0 aliphatic heterocycles. The maximum absolute atomic E-state index is 11.6. The topological polar surface area (TPSA) is 55.6 Å². The molecule has 0 amide bonds. The molecule has 0 aromatic carbocycles. The molecule has 2 fully saturated rings. The summed E-state index contributed by atoms with van der Waals surface area (Å²) in [7, 11) is 1.98. The smallest absolute Gasteiger partial charge is 0.360 e. The SMILES string of the molecule is CCOC(=O)c1coc(N(C)CC2CC3CCC2C3)n1. The Morgan fingerprint density at radius 2 is 2.35 bits per heavy atom. The van der Waals surface area contributed by atoms with Gasteiger partial charge in [0.15, 0.2) is 5.69 Å². The molecule has 2 saturated carbocycles. The van der Waals surface area contributed by atoms with Gasteiger partial charge in [0, 0.05) is 13.6 Å². The van der Waals surface area contributed by atoms with Gasteiger partial charge in [0.25, 0.3) is 6.01 Å². The highest BCUT2D eigenvalue weighted by Crippen LogP contribution is 2.48. The molecule has 0 spiro atoms. The molecule has 5 nitrogen and oxygen atoms in total. The molecule has 2 aliphatic rings. The third-order valence-corrected chi connectivity index (χ3v) is 4.70. The van der Waals surface area contributed by atoms with Crippen molar-refractivity contribution in [3.8, 4) is 0 Å². The number of anilines is 1. The van der Waals surface area contributed by atoms with E-state index in [1.807, 2.05) is 11.9 Å². The first kappa shape index (κ1) is 13.5. The van der Waals surface area contributed by atoms with E-state index < -0.39 is 5.97 Å². The van der Waals surface area contributed by atoms with Crippen LogP contribution >= 0.6 is 0 Å². The van der Waals surface area contributed by atoms with Crippen LogP contribution in [0.3, 0.4) is 0 Å². The van der Waals surface area contributed by atoms with Crippen LogP contribution in [-0.4, -0.2) is 31.2 Å². The van der Waals surface area contributed by atoms with Crippen LogP contribution in [0.25, 0.3) is 0 Å². The lowest BCUT2D eigenvalue weighted by atomic mass is 9.88. The highest BCUT2D eigenvalue weighted by molar-refractivity contribution is 5.87. The summed E-state index contributed by atoms with van der Waals surface area (Å²) in [6, 6.07) is 0.510. The molecule has 5 heteroatoms. The Morgan fingerprint density at radius 3 is 3.00 bits per heavy atom. The maximum atomic E-state index is 11.6. The van der Waals surface area contributed by atoms with Crippen molar-refractivity contribution >= 4 is 12.0 Å². The number of fused-ring (bicyclic) bond motifs is 2. The number of carbonyl (C=O) groups is 1. The fourth-order valence-corrected chi connectivity index (χ4v) is 3.77. The Kier molecular flexibility index (Phi) is 3.68. The van der Waals surface area contributed by atoms with Gasteiger partial charge >= 0.3 is 5.97 Å². The number of rotatable bonds is 5. The number of oxazole rings is 1. The van der Waals surface area contributed by atoms with Gasteiger partial charge in [-0.15, -0.1) is 0 Å². The average Bonchev–Trinajstić information content (AvgIpc) is 3.15. The minimum Gasteiger partial charge on any atom is -0.461 e. The van der Waals surface area contributed by atoms with E-state index >= 15 is 0 Å². The van der Waals surface area contributed by atoms with Crippen LogP contribution in [0.4, 0.5) is 6.01 Å². The largest absolute Gasteiger partial charge is 0.461 e. The summed E-state index contributed by atoms with van der Waals surface area (Å²) in [6.07, 6.45) is 6.91. The summed E-state index contributed by atoms with van der Waals surface area (Å²) < 4.78 is 10.3. The first-order valence-electron chi connectivity index (χ1n) is 7.51. The number of ether oxygens (including phenoxy) is 1. The summed E-state index contributed by atoms with van der Waals surface area (Å²) >= 11 is 0. The number of nitrogens with zero attached hydrogens (tertiary/aromatic N) is 2. The molecule has 3 unspecified atom stereocenters. The minimum atomic E-state index is -0.421. The highest BCUT2D eigenvalue weighted by Gasteiger charge is 2.40. The predicted octanol–water partition coefficient (Wildman–Crippen LogP) is 2.72. The van der Waals surface area contributed by atoms with Gasteiger partial charge in [-0.25, -0.2) is 4.79 Å². The molecule has 110 valence electrons. The van der Waals surface area contributed by atoms with Crippen LogP contribution < -0.4 is 4.90 Å². The van der Waals surface area contributed by atoms with Crippen molar-refractivity contribution in [2.45, 2.75) is 32.6 Å². The van der Waals surface area contributed by atoms with Crippen LogP contribution in [0.5, 0.6) is 0 Å². The van der Waals surface area contributed by atoms with Crippen LogP contribution in [0, 0.1) is 17.8 Å². The van der Waals surface area contributed by atoms with E-state index in [2.05, 4.69) is 4.98 Å². The first-order valence-corrected chi connectivity index (χ1v) is 7.51. The van der Waals surface area contributed by atoms with Gasteiger partial charge in [0.2, 0.25) is 0 Å². The molecular formula is C15H22N2O3. The van der Waals surface area contributed by atoms with Crippen molar-refractivity contribution in [1.29, 1.82) is 0 Å². The Morgan fingerprint density at radius 1 is 1.50 bits per heavy atom. The second-order valence-corrected chi connectivity index (χ2v) is 6.05. The number of esters is 1. The van der Waals surface area contributed by atoms with Gasteiger partial charge in [-0.2, -0.15) is 4.98 Å². The molecule has 1 aromatic heterocycles. The lowest BCUT2D eigenvalue weighted by Gasteiger charge is -2.26. The molecule has 2 aliphatic carbocycles. The molecule has 2 bridgehead atoms. The van der Waals surface area contributed by atoms with Gasteiger partial charge in [0.1, 0.15) is 6.26 Å². The van der Waals surface area contributed by atoms with Crippen LogP contribution in [-0.2, 0) is 4.74 Å². The van der Waals surface area contributed by atoms with Crippen molar-refractivity contribution in [2.24, 2.45) is 17.8 Å². The molecule has 1 aromatic rings. The molecule has 20 heavy (non-hydrogen) atoms. The van der Waals surface area contributed by atoms with E-state index in [1.54, 1.807) is 6.92 Å². The van der Waals surface area contributed by atoms with E-state index in [0.717, 1.165) is 24.3 Å². The number of aromatic nitrogens is 1. The molecule has 0 radical (unpaired) electrons. The summed E-state index contributed by atoms with van der Waals surface area (Å²) in [6.45, 7) is 3.09. The predicted molar refractivity (Wildman–Crippen MR) is 74.7 cm³/mol. The molecule has 1 heterocycles. The molecule has 0 N–H and O–H groups in total. The van der Waals surface area contributed by atoms with Crippen molar-refractivity contribution in [3.63, 3.8) is 0 Å². The fraction of sp³-hybridized carbons (Fsp3) is 0.733. The van der Waals surface area contributed by atoms with Crippen molar-refractivity contribution in [1.82, 2.24) is 4.98 Å². The van der Waals surface area contributed by atoms with Crippen molar-refractivity contribution in [3.05, 3.63) is 12.0 Å². The lowest BCUT2D eigenvalue weighted by molar-refractivity contribution is 0.0519. The molecule has 3 atom stereocenters. The Labute approximate surface area is 119 Å². The first-order chi connectivity index (χ1) is 9.67. The van der Waals surface area contributed by atoms with Gasteiger partial charge in [-0.1, -0.05) is 6.42 Å². The van der Waals surface area contributed by atoms with E-state index in [-0.39, 0.29) is 5.69 Å². The quantitative estimate of drug-likeness (QED) is 0.775. The van der Waals surface area contributed by atoms with Gasteiger partial charge in [-0.3, -0.25) is 0 Å². The average molecular weight is 278 g/mol. The lowest BCUT2D eigenvalue weighted by Crippen LogP contribution is -2.28.